The Balaban J connectivity index is 2.10. The Bertz CT molecular complexity index is 856. The quantitative estimate of drug-likeness (QED) is 0.393. The minimum atomic E-state index is -0.355. The molecule has 0 unspecified atom stereocenters. The van der Waals surface area contributed by atoms with Gasteiger partial charge >= 0.3 is 5.97 Å². The van der Waals surface area contributed by atoms with Crippen molar-refractivity contribution in [2.45, 2.75) is 53.7 Å². The van der Waals surface area contributed by atoms with Crippen LogP contribution in [0.2, 0.25) is 0 Å². The number of hydrogen-bond acceptors (Lipinski definition) is 7. The van der Waals surface area contributed by atoms with Gasteiger partial charge in [-0.05, 0) is 31.7 Å². The van der Waals surface area contributed by atoms with Gasteiger partial charge in [0.25, 0.3) is 0 Å². The topological polar surface area (TPSA) is 105 Å². The second-order valence-corrected chi connectivity index (χ2v) is 7.64. The van der Waals surface area contributed by atoms with E-state index >= 15 is 0 Å². The van der Waals surface area contributed by atoms with Crippen molar-refractivity contribution in [3.63, 3.8) is 0 Å². The van der Waals surface area contributed by atoms with E-state index in [0.717, 1.165) is 30.2 Å². The van der Waals surface area contributed by atoms with Crippen LogP contribution in [0, 0.1) is 17.2 Å². The van der Waals surface area contributed by atoms with Crippen LogP contribution in [0.25, 0.3) is 11.0 Å². The zero-order chi connectivity index (χ0) is 21.4. The SMILES string of the molecule is CC[C@H](Cn1ccc2cnc(N/C(C=N)=C/NCC(=O)OC(C)C)nc21)C(C)C. The molecule has 0 aliphatic rings. The van der Waals surface area contributed by atoms with Crippen LogP contribution in [-0.2, 0) is 16.1 Å². The number of esters is 1. The van der Waals surface area contributed by atoms with Gasteiger partial charge in [0.15, 0.2) is 0 Å². The van der Waals surface area contributed by atoms with Gasteiger partial charge in [-0.3, -0.25) is 4.79 Å². The molecule has 2 aromatic heterocycles. The third-order valence-electron chi connectivity index (χ3n) is 4.68. The van der Waals surface area contributed by atoms with Gasteiger partial charge in [0.05, 0.1) is 11.8 Å². The van der Waals surface area contributed by atoms with E-state index in [1.54, 1.807) is 20.0 Å². The first-order chi connectivity index (χ1) is 13.8. The molecule has 0 radical (unpaired) electrons. The number of anilines is 1. The highest BCUT2D eigenvalue weighted by Crippen LogP contribution is 2.21. The van der Waals surface area contributed by atoms with Crippen molar-refractivity contribution in [3.05, 3.63) is 30.4 Å². The largest absolute Gasteiger partial charge is 0.462 e. The third-order valence-corrected chi connectivity index (χ3v) is 4.68. The van der Waals surface area contributed by atoms with Gasteiger partial charge in [0.1, 0.15) is 12.2 Å². The van der Waals surface area contributed by atoms with Crippen molar-refractivity contribution in [1.29, 1.82) is 5.41 Å². The van der Waals surface area contributed by atoms with Crippen molar-refractivity contribution >= 4 is 29.2 Å². The van der Waals surface area contributed by atoms with Crippen molar-refractivity contribution in [2.75, 3.05) is 11.9 Å². The first-order valence-corrected chi connectivity index (χ1v) is 10.1. The summed E-state index contributed by atoms with van der Waals surface area (Å²) in [6, 6.07) is 2.02. The normalized spacial score (nSPS) is 13.0. The number of fused-ring (bicyclic) bond motifs is 1. The van der Waals surface area contributed by atoms with Crippen molar-refractivity contribution in [2.24, 2.45) is 11.8 Å². The lowest BCUT2D eigenvalue weighted by Gasteiger charge is -2.20. The number of ether oxygens (including phenoxy) is 1. The number of allylic oxidation sites excluding steroid dienone is 1. The van der Waals surface area contributed by atoms with Crippen LogP contribution in [0.1, 0.15) is 41.0 Å². The van der Waals surface area contributed by atoms with Crippen LogP contribution < -0.4 is 10.6 Å². The zero-order valence-corrected chi connectivity index (χ0v) is 17.9. The lowest BCUT2D eigenvalue weighted by Crippen LogP contribution is -2.24. The van der Waals surface area contributed by atoms with Gasteiger partial charge < -0.3 is 25.3 Å². The molecular weight excluding hydrogens is 368 g/mol. The third kappa shape index (κ3) is 6.58. The van der Waals surface area contributed by atoms with Crippen molar-refractivity contribution in [3.8, 4) is 0 Å². The van der Waals surface area contributed by atoms with E-state index in [1.165, 1.54) is 6.20 Å². The molecule has 0 saturated heterocycles. The van der Waals surface area contributed by atoms with Gasteiger partial charge in [-0.15, -0.1) is 0 Å². The predicted molar refractivity (Wildman–Crippen MR) is 116 cm³/mol. The average Bonchev–Trinajstić information content (AvgIpc) is 3.06. The summed E-state index contributed by atoms with van der Waals surface area (Å²) in [6.45, 7) is 11.2. The van der Waals surface area contributed by atoms with Crippen LogP contribution >= 0.6 is 0 Å². The van der Waals surface area contributed by atoms with Crippen LogP contribution in [0.3, 0.4) is 0 Å². The van der Waals surface area contributed by atoms with Crippen molar-refractivity contribution in [1.82, 2.24) is 19.9 Å². The van der Waals surface area contributed by atoms with Gasteiger partial charge in [0.2, 0.25) is 5.95 Å². The monoisotopic (exact) mass is 400 g/mol. The highest BCUT2D eigenvalue weighted by molar-refractivity contribution is 5.81. The Morgan fingerprint density at radius 3 is 2.72 bits per heavy atom. The Kier molecular flexibility index (Phi) is 8.18. The molecule has 0 aliphatic heterocycles. The average molecular weight is 401 g/mol. The number of nitrogens with one attached hydrogen (secondary N) is 3. The molecule has 8 nitrogen and oxygen atoms in total. The fourth-order valence-electron chi connectivity index (χ4n) is 3.03. The zero-order valence-electron chi connectivity index (χ0n) is 17.9. The van der Waals surface area contributed by atoms with E-state index in [1.807, 2.05) is 12.3 Å². The lowest BCUT2D eigenvalue weighted by molar-refractivity contribution is -0.146. The Labute approximate surface area is 172 Å². The first kappa shape index (κ1) is 22.4. The van der Waals surface area contributed by atoms with E-state index in [-0.39, 0.29) is 18.6 Å². The van der Waals surface area contributed by atoms with E-state index in [0.29, 0.717) is 23.5 Å². The van der Waals surface area contributed by atoms with Gasteiger partial charge in [-0.25, -0.2) is 4.98 Å². The summed E-state index contributed by atoms with van der Waals surface area (Å²) in [6.07, 6.45) is 7.44. The molecule has 29 heavy (non-hydrogen) atoms. The number of carbonyl (C=O) groups excluding carboxylic acids is 1. The summed E-state index contributed by atoms with van der Waals surface area (Å²) in [5.41, 5.74) is 1.30. The standard InChI is InChI=1S/C21H32N6O2/c1-6-16(14(2)3)13-27-8-7-17-10-24-21(26-20(17)27)25-18(9-22)11-23-12-19(28)29-15(4)5/h7-11,14-16,22-23H,6,12-13H2,1-5H3,(H,24,25,26)/b18-11+,22-9?/t16-/m1/s1. The van der Waals surface area contributed by atoms with Gasteiger partial charge in [-0.1, -0.05) is 27.2 Å². The maximum absolute atomic E-state index is 11.6. The molecule has 0 fully saturated rings. The molecule has 0 aliphatic carbocycles. The number of rotatable bonds is 11. The van der Waals surface area contributed by atoms with E-state index in [9.17, 15) is 4.79 Å². The maximum atomic E-state index is 11.6. The lowest BCUT2D eigenvalue weighted by atomic mass is 9.93. The van der Waals surface area contributed by atoms with Crippen LogP contribution in [0.4, 0.5) is 5.95 Å². The minimum Gasteiger partial charge on any atom is -0.462 e. The van der Waals surface area contributed by atoms with Crippen LogP contribution in [0.5, 0.6) is 0 Å². The molecule has 0 aromatic carbocycles. The fourth-order valence-corrected chi connectivity index (χ4v) is 3.03. The summed E-state index contributed by atoms with van der Waals surface area (Å²) < 4.78 is 7.22. The van der Waals surface area contributed by atoms with Gasteiger partial charge in [-0.2, -0.15) is 4.98 Å². The molecule has 0 spiro atoms. The summed E-state index contributed by atoms with van der Waals surface area (Å²) in [5.74, 6) is 1.21. The maximum Gasteiger partial charge on any atom is 0.325 e. The summed E-state index contributed by atoms with van der Waals surface area (Å²) in [7, 11) is 0. The van der Waals surface area contributed by atoms with Crippen molar-refractivity contribution < 1.29 is 9.53 Å². The van der Waals surface area contributed by atoms with Gasteiger partial charge in [0, 0.05) is 36.7 Å². The first-order valence-electron chi connectivity index (χ1n) is 10.1. The smallest absolute Gasteiger partial charge is 0.325 e. The highest BCUT2D eigenvalue weighted by atomic mass is 16.5. The molecule has 8 heteroatoms. The number of nitrogens with zero attached hydrogens (tertiary/aromatic N) is 3. The van der Waals surface area contributed by atoms with Crippen LogP contribution in [0.15, 0.2) is 30.4 Å². The number of hydrogen-bond donors (Lipinski definition) is 3. The summed E-state index contributed by atoms with van der Waals surface area (Å²) in [5, 5.41) is 14.4. The molecule has 0 saturated carbocycles. The molecule has 0 amide bonds. The van der Waals surface area contributed by atoms with E-state index < -0.39 is 0 Å². The molecule has 2 heterocycles. The second kappa shape index (κ2) is 10.6. The molecule has 1 atom stereocenters. The molecule has 158 valence electrons. The highest BCUT2D eigenvalue weighted by Gasteiger charge is 2.14. The van der Waals surface area contributed by atoms with E-state index in [4.69, 9.17) is 10.1 Å². The summed E-state index contributed by atoms with van der Waals surface area (Å²) in [4.78, 5) is 20.5. The summed E-state index contributed by atoms with van der Waals surface area (Å²) >= 11 is 0. The Hall–Kier alpha value is -2.90. The number of aromatic nitrogens is 3. The number of carbonyl (C=O) groups is 1. The molecule has 2 aromatic rings. The minimum absolute atomic E-state index is 0.0214. The molecule has 3 N–H and O–H groups in total. The molecular formula is C21H32N6O2. The Morgan fingerprint density at radius 1 is 1.34 bits per heavy atom. The predicted octanol–water partition coefficient (Wildman–Crippen LogP) is 3.56. The second-order valence-electron chi connectivity index (χ2n) is 7.64. The Morgan fingerprint density at radius 2 is 2.10 bits per heavy atom. The van der Waals surface area contributed by atoms with Crippen LogP contribution in [-0.4, -0.2) is 39.4 Å². The fraction of sp³-hybridized carbons (Fsp3) is 0.524. The van der Waals surface area contributed by atoms with E-state index in [2.05, 4.69) is 45.9 Å². The molecule has 0 bridgehead atoms. The molecule has 2 rings (SSSR count).